The highest BCUT2D eigenvalue weighted by Crippen LogP contribution is 2.50. The predicted octanol–water partition coefficient (Wildman–Crippen LogP) is 5.42. The second kappa shape index (κ2) is 7.38. The SMILES string of the molecule is Cc1[nH]c2ccc3c(c2c1C(=O)OCc1ccsc1)CC1CCCN2CCCCC12O3. The molecule has 3 aliphatic rings. The average molecular weight is 437 g/mol. The van der Waals surface area contributed by atoms with Gasteiger partial charge < -0.3 is 14.5 Å². The largest absolute Gasteiger partial charge is 0.472 e. The van der Waals surface area contributed by atoms with Crippen LogP contribution in [0.15, 0.2) is 29.0 Å². The normalized spacial score (nSPS) is 25.4. The number of aromatic amines is 1. The zero-order chi connectivity index (χ0) is 21.0. The van der Waals surface area contributed by atoms with Crippen molar-refractivity contribution < 1.29 is 14.3 Å². The number of rotatable bonds is 3. The molecule has 5 nitrogen and oxygen atoms in total. The van der Waals surface area contributed by atoms with Gasteiger partial charge in [0.2, 0.25) is 0 Å². The molecule has 31 heavy (non-hydrogen) atoms. The molecule has 0 bridgehead atoms. The lowest BCUT2D eigenvalue weighted by atomic mass is 9.74. The van der Waals surface area contributed by atoms with Gasteiger partial charge in [0.1, 0.15) is 12.4 Å². The molecule has 2 saturated heterocycles. The van der Waals surface area contributed by atoms with Crippen LogP contribution in [0.25, 0.3) is 10.9 Å². The van der Waals surface area contributed by atoms with Crippen molar-refractivity contribution in [2.75, 3.05) is 13.1 Å². The van der Waals surface area contributed by atoms with E-state index in [1.165, 1.54) is 31.2 Å². The molecule has 6 rings (SSSR count). The second-order valence-corrected chi connectivity index (χ2v) is 10.0. The molecule has 1 N–H and O–H groups in total. The van der Waals surface area contributed by atoms with Gasteiger partial charge in [-0.05, 0) is 68.0 Å². The summed E-state index contributed by atoms with van der Waals surface area (Å²) in [4.78, 5) is 19.1. The Hall–Kier alpha value is -2.31. The zero-order valence-electron chi connectivity index (χ0n) is 17.9. The van der Waals surface area contributed by atoms with Crippen LogP contribution >= 0.6 is 11.3 Å². The number of esters is 1. The molecule has 3 aliphatic heterocycles. The number of hydrogen-bond donors (Lipinski definition) is 1. The minimum absolute atomic E-state index is 0.151. The molecule has 0 amide bonds. The summed E-state index contributed by atoms with van der Waals surface area (Å²) < 4.78 is 12.6. The van der Waals surface area contributed by atoms with Crippen LogP contribution in [0.1, 0.15) is 59.3 Å². The Bertz CT molecular complexity index is 1130. The van der Waals surface area contributed by atoms with Gasteiger partial charge >= 0.3 is 5.97 Å². The Labute approximate surface area is 186 Å². The van der Waals surface area contributed by atoms with Gasteiger partial charge in [-0.1, -0.05) is 0 Å². The maximum atomic E-state index is 13.1. The van der Waals surface area contributed by atoms with Gasteiger partial charge in [-0.15, -0.1) is 0 Å². The molecule has 1 aromatic carbocycles. The number of H-pyrrole nitrogens is 1. The molecule has 6 heteroatoms. The number of ether oxygens (including phenoxy) is 2. The van der Waals surface area contributed by atoms with E-state index in [0.717, 1.165) is 53.8 Å². The molecule has 2 aromatic heterocycles. The lowest BCUT2D eigenvalue weighted by molar-refractivity contribution is -0.177. The summed E-state index contributed by atoms with van der Waals surface area (Å²) in [6.45, 7) is 4.54. The molecule has 0 radical (unpaired) electrons. The van der Waals surface area contributed by atoms with E-state index in [0.29, 0.717) is 18.1 Å². The van der Waals surface area contributed by atoms with Gasteiger partial charge in [0.05, 0.1) is 5.56 Å². The fraction of sp³-hybridized carbons (Fsp3) is 0.480. The highest BCUT2D eigenvalue weighted by molar-refractivity contribution is 7.07. The van der Waals surface area contributed by atoms with Gasteiger partial charge in [0, 0.05) is 53.2 Å². The molecule has 0 aliphatic carbocycles. The van der Waals surface area contributed by atoms with E-state index < -0.39 is 0 Å². The van der Waals surface area contributed by atoms with Crippen molar-refractivity contribution in [2.24, 2.45) is 5.92 Å². The number of nitrogens with one attached hydrogen (secondary N) is 1. The molecular formula is C25H28N2O3S. The summed E-state index contributed by atoms with van der Waals surface area (Å²) in [7, 11) is 0. The second-order valence-electron chi connectivity index (χ2n) is 9.23. The summed E-state index contributed by atoms with van der Waals surface area (Å²) >= 11 is 1.61. The summed E-state index contributed by atoms with van der Waals surface area (Å²) in [6, 6.07) is 6.15. The van der Waals surface area contributed by atoms with E-state index in [4.69, 9.17) is 9.47 Å². The van der Waals surface area contributed by atoms with Crippen LogP contribution in [-0.2, 0) is 17.8 Å². The van der Waals surface area contributed by atoms with Crippen LogP contribution in [0.5, 0.6) is 5.75 Å². The molecule has 1 spiro atoms. The maximum Gasteiger partial charge on any atom is 0.340 e. The van der Waals surface area contributed by atoms with Crippen LogP contribution in [-0.4, -0.2) is 34.7 Å². The molecule has 5 heterocycles. The van der Waals surface area contributed by atoms with Crippen LogP contribution < -0.4 is 4.74 Å². The topological polar surface area (TPSA) is 54.6 Å². The number of piperidine rings is 2. The average Bonchev–Trinajstić information content (AvgIpc) is 3.42. The first kappa shape index (κ1) is 19.4. The fourth-order valence-corrected chi connectivity index (χ4v) is 6.72. The number of fused-ring (bicyclic) bond motifs is 3. The third-order valence-corrected chi connectivity index (χ3v) is 8.21. The predicted molar refractivity (Wildman–Crippen MR) is 122 cm³/mol. The Kier molecular flexibility index (Phi) is 4.62. The lowest BCUT2D eigenvalue weighted by Gasteiger charge is -2.56. The lowest BCUT2D eigenvalue weighted by Crippen LogP contribution is -2.64. The smallest absolute Gasteiger partial charge is 0.340 e. The Morgan fingerprint density at radius 3 is 3.06 bits per heavy atom. The van der Waals surface area contributed by atoms with E-state index in [-0.39, 0.29) is 11.7 Å². The minimum atomic E-state index is -0.258. The van der Waals surface area contributed by atoms with E-state index in [1.807, 2.05) is 23.8 Å². The maximum absolute atomic E-state index is 13.1. The number of aromatic nitrogens is 1. The van der Waals surface area contributed by atoms with Gasteiger partial charge in [0.15, 0.2) is 5.72 Å². The van der Waals surface area contributed by atoms with Crippen molar-refractivity contribution in [3.05, 3.63) is 51.3 Å². The van der Waals surface area contributed by atoms with Gasteiger partial charge in [-0.2, -0.15) is 11.3 Å². The first-order valence-corrected chi connectivity index (χ1v) is 12.4. The summed E-state index contributed by atoms with van der Waals surface area (Å²) in [5, 5.41) is 5.01. The molecular weight excluding hydrogens is 408 g/mol. The number of carbonyl (C=O) groups is 1. The first-order valence-electron chi connectivity index (χ1n) is 11.4. The molecule has 2 fully saturated rings. The van der Waals surface area contributed by atoms with Gasteiger partial charge in [0.25, 0.3) is 0 Å². The molecule has 162 valence electrons. The van der Waals surface area contributed by atoms with Gasteiger partial charge in [-0.25, -0.2) is 4.79 Å². The third-order valence-electron chi connectivity index (χ3n) is 7.48. The Morgan fingerprint density at radius 1 is 1.29 bits per heavy atom. The number of nitrogens with zero attached hydrogens (tertiary/aromatic N) is 1. The zero-order valence-corrected chi connectivity index (χ0v) is 18.7. The molecule has 2 unspecified atom stereocenters. The summed E-state index contributed by atoms with van der Waals surface area (Å²) in [6.07, 6.45) is 6.98. The van der Waals surface area contributed by atoms with Crippen LogP contribution in [0.2, 0.25) is 0 Å². The number of carbonyl (C=O) groups excluding carboxylic acids is 1. The fourth-order valence-electron chi connectivity index (χ4n) is 6.06. The highest BCUT2D eigenvalue weighted by atomic mass is 32.1. The summed E-state index contributed by atoms with van der Waals surface area (Å²) in [5.41, 5.74) is 4.58. The van der Waals surface area contributed by atoms with Crippen molar-refractivity contribution in [1.29, 1.82) is 0 Å². The minimum Gasteiger partial charge on any atom is -0.472 e. The standard InChI is InChI=1S/C25H28N2O3S/c1-16-22(24(28)29-14-17-8-12-31-15-17)23-19-13-18-5-4-11-27-10-3-2-9-25(18,27)30-21(19)7-6-20(23)26-16/h6-8,12,15,18,26H,2-5,9-11,13-14H2,1H3. The number of hydrogen-bond acceptors (Lipinski definition) is 5. The Balaban J connectivity index is 1.40. The van der Waals surface area contributed by atoms with Crippen molar-refractivity contribution in [2.45, 2.75) is 57.8 Å². The van der Waals surface area contributed by atoms with E-state index in [2.05, 4.69) is 22.0 Å². The van der Waals surface area contributed by atoms with E-state index in [1.54, 1.807) is 11.3 Å². The Morgan fingerprint density at radius 2 is 2.19 bits per heavy atom. The quantitative estimate of drug-likeness (QED) is 0.557. The highest BCUT2D eigenvalue weighted by Gasteiger charge is 2.52. The number of aryl methyl sites for hydroxylation is 1. The van der Waals surface area contributed by atoms with Crippen LogP contribution in [0.3, 0.4) is 0 Å². The van der Waals surface area contributed by atoms with Crippen molar-refractivity contribution in [1.82, 2.24) is 9.88 Å². The van der Waals surface area contributed by atoms with Crippen LogP contribution in [0, 0.1) is 12.8 Å². The number of benzene rings is 1. The van der Waals surface area contributed by atoms with E-state index in [9.17, 15) is 4.79 Å². The number of thiophene rings is 1. The summed E-state index contributed by atoms with van der Waals surface area (Å²) in [5.74, 6) is 1.17. The first-order chi connectivity index (χ1) is 15.2. The third kappa shape index (κ3) is 3.03. The molecule has 0 saturated carbocycles. The van der Waals surface area contributed by atoms with E-state index >= 15 is 0 Å². The molecule has 3 aromatic rings. The molecule has 2 atom stereocenters. The monoisotopic (exact) mass is 436 g/mol. The van der Waals surface area contributed by atoms with Crippen molar-refractivity contribution >= 4 is 28.2 Å². The van der Waals surface area contributed by atoms with Crippen molar-refractivity contribution in [3.8, 4) is 5.75 Å². The van der Waals surface area contributed by atoms with Gasteiger partial charge in [-0.3, -0.25) is 4.90 Å². The van der Waals surface area contributed by atoms with Crippen molar-refractivity contribution in [3.63, 3.8) is 0 Å². The van der Waals surface area contributed by atoms with Crippen LogP contribution in [0.4, 0.5) is 0 Å².